The van der Waals surface area contributed by atoms with E-state index in [4.69, 9.17) is 0 Å². The molecule has 1 fully saturated rings. The van der Waals surface area contributed by atoms with Gasteiger partial charge in [0, 0.05) is 55.3 Å². The molecule has 1 aliphatic heterocycles. The van der Waals surface area contributed by atoms with E-state index in [0.717, 1.165) is 6.54 Å². The average Bonchev–Trinajstić information content (AvgIpc) is 3.24. The van der Waals surface area contributed by atoms with E-state index in [9.17, 15) is 19.3 Å². The third kappa shape index (κ3) is 5.62. The van der Waals surface area contributed by atoms with Crippen LogP contribution >= 0.6 is 0 Å². The van der Waals surface area contributed by atoms with Crippen molar-refractivity contribution >= 4 is 11.6 Å². The van der Waals surface area contributed by atoms with Gasteiger partial charge in [0.25, 0.3) is 11.6 Å². The van der Waals surface area contributed by atoms with Crippen LogP contribution in [0, 0.1) is 28.8 Å². The topological polar surface area (TPSA) is 66.7 Å². The number of carbonyl (C=O) groups excluding carboxylic acids is 1. The lowest BCUT2D eigenvalue weighted by atomic mass is 9.86. The summed E-state index contributed by atoms with van der Waals surface area (Å²) in [6.45, 7) is 8.56. The third-order valence-corrected chi connectivity index (χ3v) is 7.09. The molecule has 7 heteroatoms. The molecule has 36 heavy (non-hydrogen) atoms. The van der Waals surface area contributed by atoms with E-state index < -0.39 is 0 Å². The quantitative estimate of drug-likeness (QED) is 0.296. The predicted molar refractivity (Wildman–Crippen MR) is 138 cm³/mol. The summed E-state index contributed by atoms with van der Waals surface area (Å²) in [5, 5.41) is 11.6. The second kappa shape index (κ2) is 11.0. The van der Waals surface area contributed by atoms with Gasteiger partial charge in [-0.15, -0.1) is 0 Å². The first-order valence-electron chi connectivity index (χ1n) is 12.3. The van der Waals surface area contributed by atoms with Crippen LogP contribution in [-0.4, -0.2) is 46.3 Å². The molecule has 0 unspecified atom stereocenters. The zero-order chi connectivity index (χ0) is 25.8. The van der Waals surface area contributed by atoms with Crippen LogP contribution in [-0.2, 0) is 6.54 Å². The molecule has 0 saturated carbocycles. The van der Waals surface area contributed by atoms with Gasteiger partial charge in [0.05, 0.1) is 4.92 Å². The Balaban J connectivity index is 1.62. The molecular weight excluding hydrogens is 457 g/mol. The number of nitro benzene ring substituents is 1. The monoisotopic (exact) mass is 489 g/mol. The van der Waals surface area contributed by atoms with Gasteiger partial charge in [0.1, 0.15) is 5.82 Å². The van der Waals surface area contributed by atoms with Crippen LogP contribution in [0.25, 0.3) is 0 Å². The van der Waals surface area contributed by atoms with Crippen molar-refractivity contribution in [2.45, 2.75) is 39.3 Å². The van der Waals surface area contributed by atoms with E-state index in [2.05, 4.69) is 24.0 Å². The maximum atomic E-state index is 13.4. The minimum atomic E-state index is -0.372. The summed E-state index contributed by atoms with van der Waals surface area (Å²) < 4.78 is 13.4. The fourth-order valence-electron chi connectivity index (χ4n) is 5.23. The summed E-state index contributed by atoms with van der Waals surface area (Å²) in [6.07, 6.45) is 0. The highest BCUT2D eigenvalue weighted by atomic mass is 19.1. The molecule has 0 bridgehead atoms. The van der Waals surface area contributed by atoms with Crippen LogP contribution in [0.1, 0.15) is 46.8 Å². The van der Waals surface area contributed by atoms with Gasteiger partial charge < -0.3 is 4.90 Å². The number of benzene rings is 3. The Morgan fingerprint density at radius 3 is 2.39 bits per heavy atom. The van der Waals surface area contributed by atoms with E-state index in [0.29, 0.717) is 30.8 Å². The van der Waals surface area contributed by atoms with Gasteiger partial charge in [0.2, 0.25) is 0 Å². The average molecular weight is 490 g/mol. The van der Waals surface area contributed by atoms with E-state index in [1.54, 1.807) is 12.1 Å². The van der Waals surface area contributed by atoms with Gasteiger partial charge in [-0.3, -0.25) is 19.8 Å². The predicted octanol–water partition coefficient (Wildman–Crippen LogP) is 5.81. The summed E-state index contributed by atoms with van der Waals surface area (Å²) in [5.74, 6) is -0.175. The van der Waals surface area contributed by atoms with E-state index in [1.165, 1.54) is 35.4 Å². The fraction of sp³-hybridized carbons (Fsp3) is 0.345. The number of amides is 1. The molecule has 0 radical (unpaired) electrons. The van der Waals surface area contributed by atoms with Crippen LogP contribution in [0.5, 0.6) is 0 Å². The Morgan fingerprint density at radius 1 is 1.06 bits per heavy atom. The van der Waals surface area contributed by atoms with E-state index >= 15 is 0 Å². The molecule has 6 nitrogen and oxygen atoms in total. The summed E-state index contributed by atoms with van der Waals surface area (Å²) in [5.41, 5.74) is 3.72. The minimum Gasteiger partial charge on any atom is -0.336 e. The number of rotatable bonds is 8. The number of halogens is 1. The van der Waals surface area contributed by atoms with Crippen LogP contribution in [0.2, 0.25) is 0 Å². The smallest absolute Gasteiger partial charge is 0.273 e. The Hall–Kier alpha value is -3.58. The number of carbonyl (C=O) groups is 1. The van der Waals surface area contributed by atoms with Crippen molar-refractivity contribution < 1.29 is 14.1 Å². The lowest BCUT2D eigenvalue weighted by Crippen LogP contribution is -2.42. The van der Waals surface area contributed by atoms with Crippen molar-refractivity contribution in [2.24, 2.45) is 5.92 Å². The van der Waals surface area contributed by atoms with Crippen molar-refractivity contribution in [1.29, 1.82) is 0 Å². The Morgan fingerprint density at radius 2 is 1.72 bits per heavy atom. The molecular formula is C29H32FN3O3. The number of nitrogens with zero attached hydrogens (tertiary/aromatic N) is 3. The normalized spacial score (nSPS) is 17.9. The molecule has 1 aliphatic rings. The maximum absolute atomic E-state index is 13.4. The fourth-order valence-corrected chi connectivity index (χ4v) is 5.23. The van der Waals surface area contributed by atoms with Crippen molar-refractivity contribution in [2.75, 3.05) is 19.6 Å². The lowest BCUT2D eigenvalue weighted by Gasteiger charge is -2.32. The number of aryl methyl sites for hydroxylation is 1. The standard InChI is InChI=1S/C29H32FN3O3/c1-20(2)32(29(34)22-12-14-25(30)15-13-22)18-24-17-31(16-23-9-5-7-11-28(23)33(35)36)19-27(24)26-10-6-4-8-21(26)3/h4-15,20,24,27H,16-19H2,1-3H3/t24-,27+/m1/s1. The highest BCUT2D eigenvalue weighted by Crippen LogP contribution is 2.37. The number of hydrogen-bond donors (Lipinski definition) is 0. The van der Waals surface area contributed by atoms with Crippen molar-refractivity contribution in [3.05, 3.63) is 111 Å². The first kappa shape index (κ1) is 25.5. The lowest BCUT2D eigenvalue weighted by molar-refractivity contribution is -0.385. The van der Waals surface area contributed by atoms with Gasteiger partial charge >= 0.3 is 0 Å². The summed E-state index contributed by atoms with van der Waals surface area (Å²) in [6, 6.07) is 20.8. The van der Waals surface area contributed by atoms with E-state index in [1.807, 2.05) is 43.0 Å². The molecule has 1 heterocycles. The molecule has 4 rings (SSSR count). The largest absolute Gasteiger partial charge is 0.336 e. The molecule has 0 aromatic heterocycles. The van der Waals surface area contributed by atoms with Crippen LogP contribution in [0.4, 0.5) is 10.1 Å². The van der Waals surface area contributed by atoms with Crippen LogP contribution < -0.4 is 0 Å². The highest BCUT2D eigenvalue weighted by molar-refractivity contribution is 5.94. The maximum Gasteiger partial charge on any atom is 0.273 e. The zero-order valence-corrected chi connectivity index (χ0v) is 20.9. The number of nitro groups is 1. The van der Waals surface area contributed by atoms with Gasteiger partial charge in [-0.25, -0.2) is 4.39 Å². The van der Waals surface area contributed by atoms with Gasteiger partial charge in [-0.2, -0.15) is 0 Å². The Labute approximate surface area is 211 Å². The number of para-hydroxylation sites is 1. The molecule has 0 aliphatic carbocycles. The van der Waals surface area contributed by atoms with E-state index in [-0.39, 0.29) is 40.2 Å². The summed E-state index contributed by atoms with van der Waals surface area (Å²) >= 11 is 0. The molecule has 1 amide bonds. The highest BCUT2D eigenvalue weighted by Gasteiger charge is 2.37. The van der Waals surface area contributed by atoms with Crippen molar-refractivity contribution in [3.8, 4) is 0 Å². The van der Waals surface area contributed by atoms with Gasteiger partial charge in [-0.05, 0) is 62.1 Å². The third-order valence-electron chi connectivity index (χ3n) is 7.09. The summed E-state index contributed by atoms with van der Waals surface area (Å²) in [7, 11) is 0. The van der Waals surface area contributed by atoms with Crippen molar-refractivity contribution in [3.63, 3.8) is 0 Å². The molecule has 0 N–H and O–H groups in total. The molecule has 188 valence electrons. The first-order valence-corrected chi connectivity index (χ1v) is 12.3. The Bertz CT molecular complexity index is 1230. The second-order valence-corrected chi connectivity index (χ2v) is 9.86. The minimum absolute atomic E-state index is 0.0377. The zero-order valence-electron chi connectivity index (χ0n) is 20.9. The molecule has 1 saturated heterocycles. The summed E-state index contributed by atoms with van der Waals surface area (Å²) in [4.78, 5) is 28.7. The van der Waals surface area contributed by atoms with Gasteiger partial charge in [-0.1, -0.05) is 42.5 Å². The van der Waals surface area contributed by atoms with Crippen molar-refractivity contribution in [1.82, 2.24) is 9.80 Å². The van der Waals surface area contributed by atoms with Crippen LogP contribution in [0.3, 0.4) is 0 Å². The first-order chi connectivity index (χ1) is 17.2. The van der Waals surface area contributed by atoms with Gasteiger partial charge in [0.15, 0.2) is 0 Å². The molecule has 3 aromatic rings. The number of hydrogen-bond acceptors (Lipinski definition) is 4. The SMILES string of the molecule is Cc1ccccc1[C@H]1CN(Cc2ccccc2[N+](=O)[O-])C[C@@H]1CN(C(=O)c1ccc(F)cc1)C(C)C. The molecule has 3 aromatic carbocycles. The number of likely N-dealkylation sites (tertiary alicyclic amines) is 1. The second-order valence-electron chi connectivity index (χ2n) is 9.86. The molecule has 2 atom stereocenters. The Kier molecular flexibility index (Phi) is 7.79. The molecule has 0 spiro atoms. The van der Waals surface area contributed by atoms with Crippen LogP contribution in [0.15, 0.2) is 72.8 Å².